The van der Waals surface area contributed by atoms with E-state index in [1.165, 1.54) is 0 Å². The Hall–Kier alpha value is -2.15. The summed E-state index contributed by atoms with van der Waals surface area (Å²) in [6, 6.07) is 14.1. The summed E-state index contributed by atoms with van der Waals surface area (Å²) in [5.41, 5.74) is 4.49. The van der Waals surface area contributed by atoms with E-state index in [-0.39, 0.29) is 6.71 Å². The van der Waals surface area contributed by atoms with Gasteiger partial charge in [-0.3, -0.25) is 0 Å². The Morgan fingerprint density at radius 1 is 0.750 bits per heavy atom. The molecule has 3 aliphatic heterocycles. The van der Waals surface area contributed by atoms with Crippen LogP contribution in [0.1, 0.15) is 5.56 Å². The second-order valence-electron chi connectivity index (χ2n) is 6.32. The van der Waals surface area contributed by atoms with Gasteiger partial charge in [0.2, 0.25) is 0 Å². The quantitative estimate of drug-likeness (QED) is 0.277. The van der Waals surface area contributed by atoms with E-state index in [1.807, 2.05) is 36.4 Å². The summed E-state index contributed by atoms with van der Waals surface area (Å²) in [6.45, 7) is 2.20. The van der Waals surface area contributed by atoms with Crippen LogP contribution in [0.2, 0.25) is 0 Å². The molecule has 0 saturated heterocycles. The van der Waals surface area contributed by atoms with E-state index < -0.39 is 0 Å². The summed E-state index contributed by atoms with van der Waals surface area (Å²) in [7, 11) is 0. The zero-order valence-corrected chi connectivity index (χ0v) is 14.9. The fourth-order valence-corrected chi connectivity index (χ4v) is 4.51. The average Bonchev–Trinajstić information content (AvgIpc) is 2.59. The van der Waals surface area contributed by atoms with Gasteiger partial charge >= 0.3 is 0 Å². The highest BCUT2D eigenvalue weighted by molar-refractivity contribution is 14.1. The zero-order chi connectivity index (χ0) is 16.0. The molecule has 0 aliphatic carbocycles. The average molecular weight is 424 g/mol. The first kappa shape index (κ1) is 13.2. The molecule has 0 fully saturated rings. The molecule has 3 heterocycles. The lowest BCUT2D eigenvalue weighted by Gasteiger charge is -2.37. The van der Waals surface area contributed by atoms with Gasteiger partial charge in [0.1, 0.15) is 34.5 Å². The summed E-state index contributed by atoms with van der Waals surface area (Å²) >= 11 is 2.36. The number of aryl methyl sites for hydroxylation is 1. The van der Waals surface area contributed by atoms with Crippen molar-refractivity contribution in [2.75, 3.05) is 0 Å². The van der Waals surface area contributed by atoms with Crippen molar-refractivity contribution >= 4 is 45.7 Å². The van der Waals surface area contributed by atoms with Crippen molar-refractivity contribution < 1.29 is 14.2 Å². The highest BCUT2D eigenvalue weighted by atomic mass is 127. The van der Waals surface area contributed by atoms with Crippen LogP contribution in [0, 0.1) is 10.5 Å². The van der Waals surface area contributed by atoms with E-state index in [2.05, 4.69) is 35.6 Å². The molecule has 3 aliphatic rings. The lowest BCUT2D eigenvalue weighted by molar-refractivity contribution is 0.441. The first-order valence-corrected chi connectivity index (χ1v) is 8.92. The van der Waals surface area contributed by atoms with Crippen LogP contribution in [0.4, 0.5) is 0 Å². The molecule has 0 spiro atoms. The third kappa shape index (κ3) is 1.45. The minimum atomic E-state index is 0.109. The molecule has 3 aromatic carbocycles. The van der Waals surface area contributed by atoms with Gasteiger partial charge in [-0.25, -0.2) is 0 Å². The van der Waals surface area contributed by atoms with Crippen molar-refractivity contribution in [2.24, 2.45) is 0 Å². The van der Waals surface area contributed by atoms with E-state index in [0.29, 0.717) is 0 Å². The lowest BCUT2D eigenvalue weighted by Crippen LogP contribution is -2.59. The van der Waals surface area contributed by atoms with Gasteiger partial charge in [-0.2, -0.15) is 0 Å². The van der Waals surface area contributed by atoms with Crippen LogP contribution in [0.15, 0.2) is 42.5 Å². The molecule has 114 valence electrons. The molecule has 0 atom stereocenters. The van der Waals surface area contributed by atoms with Crippen molar-refractivity contribution in [3.8, 4) is 34.5 Å². The summed E-state index contributed by atoms with van der Waals surface area (Å²) in [5, 5.41) is 0. The Bertz CT molecular complexity index is 1060. The minimum absolute atomic E-state index is 0.109. The van der Waals surface area contributed by atoms with E-state index in [1.54, 1.807) is 0 Å². The summed E-state index contributed by atoms with van der Waals surface area (Å²) in [5.74, 6) is 5.30. The molecule has 3 nitrogen and oxygen atoms in total. The molecule has 0 N–H and O–H groups in total. The molecule has 0 radical (unpaired) electrons. The SMILES string of the molecule is Cc1cc2c3c(c1I)Oc1cccc4c1B3c1c(cccc1O2)O4. The Kier molecular flexibility index (Phi) is 2.35. The predicted molar refractivity (Wildman–Crippen MR) is 102 cm³/mol. The molecule has 0 unspecified atom stereocenters. The standard InChI is InChI=1S/C19H10BIO3/c1-9-8-14-17-19(18(9)21)24-13-7-3-5-11-16(13)20(17)15-10(22-11)4-2-6-12(15)23-14/h2-8H,1H3. The smallest absolute Gasteiger partial charge is 0.270 e. The van der Waals surface area contributed by atoms with Crippen LogP contribution in [0.3, 0.4) is 0 Å². The maximum atomic E-state index is 6.29. The van der Waals surface area contributed by atoms with Crippen molar-refractivity contribution in [3.05, 3.63) is 51.6 Å². The van der Waals surface area contributed by atoms with Crippen LogP contribution < -0.4 is 30.6 Å². The normalized spacial score (nSPS) is 14.3. The Morgan fingerprint density at radius 2 is 1.29 bits per heavy atom. The van der Waals surface area contributed by atoms with Crippen molar-refractivity contribution in [1.82, 2.24) is 0 Å². The number of rotatable bonds is 0. The maximum Gasteiger partial charge on any atom is 0.270 e. The molecule has 0 aromatic heterocycles. The van der Waals surface area contributed by atoms with Gasteiger partial charge in [-0.05, 0) is 65.4 Å². The molecular formula is C19H10BIO3. The van der Waals surface area contributed by atoms with Gasteiger partial charge in [-0.15, -0.1) is 0 Å². The van der Waals surface area contributed by atoms with Crippen LogP contribution in [-0.4, -0.2) is 6.71 Å². The summed E-state index contributed by atoms with van der Waals surface area (Å²) < 4.78 is 19.8. The molecule has 0 saturated carbocycles. The van der Waals surface area contributed by atoms with Crippen molar-refractivity contribution in [1.29, 1.82) is 0 Å². The van der Waals surface area contributed by atoms with E-state index >= 15 is 0 Å². The molecule has 3 aromatic rings. The van der Waals surface area contributed by atoms with Gasteiger partial charge < -0.3 is 14.2 Å². The number of hydrogen-bond acceptors (Lipinski definition) is 3. The minimum Gasteiger partial charge on any atom is -0.458 e. The second-order valence-corrected chi connectivity index (χ2v) is 7.40. The topological polar surface area (TPSA) is 27.7 Å². The van der Waals surface area contributed by atoms with E-state index in [9.17, 15) is 0 Å². The fourth-order valence-electron chi connectivity index (χ4n) is 3.96. The zero-order valence-electron chi connectivity index (χ0n) is 12.7. The molecule has 0 amide bonds. The number of ether oxygens (including phenoxy) is 3. The van der Waals surface area contributed by atoms with Gasteiger partial charge in [0.25, 0.3) is 6.71 Å². The fraction of sp³-hybridized carbons (Fsp3) is 0.0526. The van der Waals surface area contributed by atoms with Crippen LogP contribution in [-0.2, 0) is 0 Å². The van der Waals surface area contributed by atoms with Gasteiger partial charge in [-0.1, -0.05) is 12.1 Å². The number of hydrogen-bond donors (Lipinski definition) is 0. The first-order chi connectivity index (χ1) is 11.7. The molecule has 0 bridgehead atoms. The Balaban J connectivity index is 1.80. The number of halogens is 1. The van der Waals surface area contributed by atoms with Gasteiger partial charge in [0.15, 0.2) is 0 Å². The molecule has 6 rings (SSSR count). The largest absolute Gasteiger partial charge is 0.458 e. The highest BCUT2D eigenvalue weighted by Crippen LogP contribution is 2.43. The molecular weight excluding hydrogens is 414 g/mol. The van der Waals surface area contributed by atoms with Crippen LogP contribution in [0.5, 0.6) is 34.5 Å². The summed E-state index contributed by atoms with van der Waals surface area (Å²) in [4.78, 5) is 0. The third-order valence-corrected chi connectivity index (χ3v) is 6.31. The monoisotopic (exact) mass is 424 g/mol. The Morgan fingerprint density at radius 3 is 1.92 bits per heavy atom. The first-order valence-electron chi connectivity index (χ1n) is 7.85. The summed E-state index contributed by atoms with van der Waals surface area (Å²) in [6.07, 6.45) is 0. The van der Waals surface area contributed by atoms with Crippen LogP contribution >= 0.6 is 22.6 Å². The third-order valence-electron chi connectivity index (χ3n) is 4.97. The lowest BCUT2D eigenvalue weighted by atomic mass is 9.34. The van der Waals surface area contributed by atoms with E-state index in [4.69, 9.17) is 14.2 Å². The van der Waals surface area contributed by atoms with Gasteiger partial charge in [0, 0.05) is 16.4 Å². The van der Waals surface area contributed by atoms with Crippen molar-refractivity contribution in [2.45, 2.75) is 6.92 Å². The molecule has 24 heavy (non-hydrogen) atoms. The van der Waals surface area contributed by atoms with Gasteiger partial charge in [0.05, 0.1) is 3.57 Å². The van der Waals surface area contributed by atoms with Crippen molar-refractivity contribution in [3.63, 3.8) is 0 Å². The van der Waals surface area contributed by atoms with E-state index in [0.717, 1.165) is 60.0 Å². The van der Waals surface area contributed by atoms with Crippen LogP contribution in [0.25, 0.3) is 0 Å². The Labute approximate surface area is 152 Å². The second kappa shape index (κ2) is 4.27. The number of benzene rings is 3. The molecule has 5 heteroatoms. The predicted octanol–water partition coefficient (Wildman–Crippen LogP) is 3.43. The maximum absolute atomic E-state index is 6.29. The highest BCUT2D eigenvalue weighted by Gasteiger charge is 2.46.